The molecular weight excluding hydrogens is 242 g/mol. The van der Waals surface area contributed by atoms with Crippen LogP contribution in [0.4, 0.5) is 11.4 Å². The predicted molar refractivity (Wildman–Crippen MR) is 76.7 cm³/mol. The lowest BCUT2D eigenvalue weighted by Gasteiger charge is -2.37. The Hall–Kier alpha value is -1.75. The predicted octanol–water partition coefficient (Wildman–Crippen LogP) is 1.50. The van der Waals surface area contributed by atoms with Gasteiger partial charge in [0.05, 0.1) is 5.56 Å². The van der Waals surface area contributed by atoms with Gasteiger partial charge in [0.1, 0.15) is 0 Å². The van der Waals surface area contributed by atoms with E-state index in [0.29, 0.717) is 11.7 Å². The number of anilines is 2. The van der Waals surface area contributed by atoms with Crippen LogP contribution in [0.15, 0.2) is 18.2 Å². The molecule has 1 aromatic carbocycles. The number of nitrogen functional groups attached to an aromatic ring is 1. The van der Waals surface area contributed by atoms with Gasteiger partial charge < -0.3 is 20.6 Å². The molecule has 0 aliphatic carbocycles. The SMILES string of the molecule is CN(C)C1CCCN(c2ccc(N)c(C(=O)O)c2)C1. The maximum Gasteiger partial charge on any atom is 0.337 e. The lowest BCUT2D eigenvalue weighted by atomic mass is 10.0. The molecule has 0 saturated carbocycles. The fourth-order valence-electron chi connectivity index (χ4n) is 2.54. The summed E-state index contributed by atoms with van der Waals surface area (Å²) < 4.78 is 0. The van der Waals surface area contributed by atoms with E-state index in [0.717, 1.165) is 25.2 Å². The second-order valence-electron chi connectivity index (χ2n) is 5.28. The summed E-state index contributed by atoms with van der Waals surface area (Å²) >= 11 is 0. The number of carbonyl (C=O) groups is 1. The lowest BCUT2D eigenvalue weighted by Crippen LogP contribution is -2.45. The second kappa shape index (κ2) is 5.48. The van der Waals surface area contributed by atoms with Crippen molar-refractivity contribution in [1.82, 2.24) is 4.90 Å². The zero-order valence-electron chi connectivity index (χ0n) is 11.5. The third-order valence-electron chi connectivity index (χ3n) is 3.76. The van der Waals surface area contributed by atoms with Crippen molar-refractivity contribution in [3.05, 3.63) is 23.8 Å². The number of aromatic carboxylic acids is 1. The van der Waals surface area contributed by atoms with Crippen LogP contribution in [0, 0.1) is 0 Å². The first kappa shape index (κ1) is 13.7. The van der Waals surface area contributed by atoms with Crippen molar-refractivity contribution >= 4 is 17.3 Å². The topological polar surface area (TPSA) is 69.8 Å². The van der Waals surface area contributed by atoms with Crippen molar-refractivity contribution < 1.29 is 9.90 Å². The Bertz CT molecular complexity index is 474. The highest BCUT2D eigenvalue weighted by molar-refractivity contribution is 5.94. The molecule has 1 aliphatic rings. The molecule has 1 aromatic rings. The van der Waals surface area contributed by atoms with Crippen LogP contribution < -0.4 is 10.6 Å². The van der Waals surface area contributed by atoms with Crippen LogP contribution in [0.25, 0.3) is 0 Å². The first-order valence-corrected chi connectivity index (χ1v) is 6.53. The molecule has 0 bridgehead atoms. The zero-order chi connectivity index (χ0) is 14.0. The minimum atomic E-state index is -0.972. The molecule has 5 heteroatoms. The van der Waals surface area contributed by atoms with Crippen molar-refractivity contribution in [3.8, 4) is 0 Å². The van der Waals surface area contributed by atoms with E-state index in [9.17, 15) is 4.79 Å². The van der Waals surface area contributed by atoms with Crippen LogP contribution in [0.1, 0.15) is 23.2 Å². The highest BCUT2D eigenvalue weighted by Gasteiger charge is 2.22. The molecule has 2 rings (SSSR count). The van der Waals surface area contributed by atoms with Crippen molar-refractivity contribution in [3.63, 3.8) is 0 Å². The summed E-state index contributed by atoms with van der Waals surface area (Å²) in [5.41, 5.74) is 7.13. The summed E-state index contributed by atoms with van der Waals surface area (Å²) in [5, 5.41) is 9.12. The molecule has 5 nitrogen and oxygen atoms in total. The van der Waals surface area contributed by atoms with E-state index < -0.39 is 5.97 Å². The van der Waals surface area contributed by atoms with Crippen molar-refractivity contribution in [1.29, 1.82) is 0 Å². The monoisotopic (exact) mass is 263 g/mol. The third-order valence-corrected chi connectivity index (χ3v) is 3.76. The molecular formula is C14H21N3O2. The molecule has 1 unspecified atom stereocenters. The van der Waals surface area contributed by atoms with Crippen LogP contribution in [-0.2, 0) is 0 Å². The number of carboxylic acids is 1. The number of benzene rings is 1. The van der Waals surface area contributed by atoms with Gasteiger partial charge in [0.15, 0.2) is 0 Å². The highest BCUT2D eigenvalue weighted by atomic mass is 16.4. The standard InChI is InChI=1S/C14H21N3O2/c1-16(2)11-4-3-7-17(9-11)10-5-6-13(15)12(8-10)14(18)19/h5-6,8,11H,3-4,7,9,15H2,1-2H3,(H,18,19). The fourth-order valence-corrected chi connectivity index (χ4v) is 2.54. The van der Waals surface area contributed by atoms with E-state index in [1.54, 1.807) is 12.1 Å². The second-order valence-corrected chi connectivity index (χ2v) is 5.28. The Labute approximate surface area is 113 Å². The van der Waals surface area contributed by atoms with E-state index in [4.69, 9.17) is 10.8 Å². The maximum absolute atomic E-state index is 11.1. The molecule has 0 radical (unpaired) electrons. The quantitative estimate of drug-likeness (QED) is 0.809. The van der Waals surface area contributed by atoms with Gasteiger partial charge in [0.25, 0.3) is 0 Å². The van der Waals surface area contributed by atoms with E-state index in [-0.39, 0.29) is 5.56 Å². The number of carboxylic acid groups (broad SMARTS) is 1. The molecule has 0 amide bonds. The van der Waals surface area contributed by atoms with E-state index in [1.165, 1.54) is 6.42 Å². The molecule has 1 heterocycles. The summed E-state index contributed by atoms with van der Waals surface area (Å²) in [4.78, 5) is 15.6. The summed E-state index contributed by atoms with van der Waals surface area (Å²) in [6, 6.07) is 5.77. The zero-order valence-corrected chi connectivity index (χ0v) is 11.5. The van der Waals surface area contributed by atoms with Gasteiger partial charge in [-0.05, 0) is 45.1 Å². The lowest BCUT2D eigenvalue weighted by molar-refractivity contribution is 0.0698. The largest absolute Gasteiger partial charge is 0.478 e. The Morgan fingerprint density at radius 3 is 2.84 bits per heavy atom. The van der Waals surface area contributed by atoms with Gasteiger partial charge in [0.2, 0.25) is 0 Å². The number of hydrogen-bond acceptors (Lipinski definition) is 4. The summed E-state index contributed by atoms with van der Waals surface area (Å²) in [7, 11) is 4.17. The van der Waals surface area contributed by atoms with Crippen molar-refractivity contribution in [2.75, 3.05) is 37.8 Å². The van der Waals surface area contributed by atoms with Crippen LogP contribution in [-0.4, -0.2) is 49.2 Å². The van der Waals surface area contributed by atoms with Gasteiger partial charge >= 0.3 is 5.97 Å². The number of piperidine rings is 1. The van der Waals surface area contributed by atoms with Gasteiger partial charge in [-0.1, -0.05) is 0 Å². The third kappa shape index (κ3) is 2.98. The van der Waals surface area contributed by atoms with Crippen molar-refractivity contribution in [2.24, 2.45) is 0 Å². The molecule has 1 fully saturated rings. The minimum Gasteiger partial charge on any atom is -0.478 e. The number of rotatable bonds is 3. The Kier molecular flexibility index (Phi) is 3.95. The van der Waals surface area contributed by atoms with E-state index in [2.05, 4.69) is 23.9 Å². The summed E-state index contributed by atoms with van der Waals surface area (Å²) in [6.07, 6.45) is 2.31. The molecule has 0 spiro atoms. The van der Waals surface area contributed by atoms with Crippen LogP contribution in [0.2, 0.25) is 0 Å². The van der Waals surface area contributed by atoms with Gasteiger partial charge in [-0.25, -0.2) is 4.79 Å². The molecule has 1 saturated heterocycles. The Morgan fingerprint density at radius 1 is 1.47 bits per heavy atom. The normalized spacial score (nSPS) is 19.7. The van der Waals surface area contributed by atoms with Crippen LogP contribution >= 0.6 is 0 Å². The van der Waals surface area contributed by atoms with Gasteiger partial charge in [-0.3, -0.25) is 0 Å². The van der Waals surface area contributed by atoms with Gasteiger partial charge in [-0.15, -0.1) is 0 Å². The Balaban J connectivity index is 2.22. The summed E-state index contributed by atoms with van der Waals surface area (Å²) in [6.45, 7) is 1.89. The molecule has 19 heavy (non-hydrogen) atoms. The number of hydrogen-bond donors (Lipinski definition) is 2. The van der Waals surface area contributed by atoms with E-state index in [1.807, 2.05) is 6.07 Å². The number of likely N-dealkylation sites (N-methyl/N-ethyl adjacent to an activating group) is 1. The van der Waals surface area contributed by atoms with Gasteiger partial charge in [-0.2, -0.15) is 0 Å². The maximum atomic E-state index is 11.1. The molecule has 1 atom stereocenters. The molecule has 3 N–H and O–H groups in total. The molecule has 1 aliphatic heterocycles. The van der Waals surface area contributed by atoms with Crippen molar-refractivity contribution in [2.45, 2.75) is 18.9 Å². The summed E-state index contributed by atoms with van der Waals surface area (Å²) in [5.74, 6) is -0.972. The van der Waals surface area contributed by atoms with E-state index >= 15 is 0 Å². The highest BCUT2D eigenvalue weighted by Crippen LogP contribution is 2.25. The molecule has 104 valence electrons. The number of nitrogens with two attached hydrogens (primary N) is 1. The average molecular weight is 263 g/mol. The minimum absolute atomic E-state index is 0.185. The molecule has 0 aromatic heterocycles. The van der Waals surface area contributed by atoms with Gasteiger partial charge in [0, 0.05) is 30.5 Å². The smallest absolute Gasteiger partial charge is 0.337 e. The first-order valence-electron chi connectivity index (χ1n) is 6.53. The number of nitrogens with zero attached hydrogens (tertiary/aromatic N) is 2. The van der Waals surface area contributed by atoms with Crippen LogP contribution in [0.3, 0.4) is 0 Å². The average Bonchev–Trinajstić information content (AvgIpc) is 2.39. The Morgan fingerprint density at radius 2 is 2.21 bits per heavy atom. The fraction of sp³-hybridized carbons (Fsp3) is 0.500. The first-order chi connectivity index (χ1) is 8.99. The van der Waals surface area contributed by atoms with Crippen LogP contribution in [0.5, 0.6) is 0 Å².